The minimum absolute atomic E-state index is 0.238. The molecule has 0 heterocycles. The molecular formula is C19H41NO4Si. The lowest BCUT2D eigenvalue weighted by molar-refractivity contribution is -0.130. The largest absolute Gasteiger partial charge is 0.500 e. The minimum Gasteiger partial charge on any atom is -0.377 e. The molecular weight excluding hydrogens is 334 g/mol. The predicted octanol–water partition coefficient (Wildman–Crippen LogP) is 4.63. The van der Waals surface area contributed by atoms with Gasteiger partial charge in [-0.05, 0) is 12.8 Å². The van der Waals surface area contributed by atoms with Crippen LogP contribution in [-0.2, 0) is 18.1 Å². The lowest BCUT2D eigenvalue weighted by atomic mass is 10.1. The van der Waals surface area contributed by atoms with Crippen LogP contribution in [0.3, 0.4) is 0 Å². The molecule has 0 unspecified atom stereocenters. The van der Waals surface area contributed by atoms with Crippen molar-refractivity contribution < 1.29 is 18.1 Å². The molecule has 25 heavy (non-hydrogen) atoms. The molecule has 0 fully saturated rings. The fourth-order valence-electron chi connectivity index (χ4n) is 2.99. The van der Waals surface area contributed by atoms with Crippen LogP contribution in [0.4, 0.5) is 0 Å². The number of amides is 1. The first-order valence-corrected chi connectivity index (χ1v) is 11.9. The Balaban J connectivity index is 3.69. The Labute approximate surface area is 156 Å². The molecule has 0 aromatic carbocycles. The summed E-state index contributed by atoms with van der Waals surface area (Å²) in [6, 6.07) is 0.728. The molecule has 0 aromatic rings. The first-order valence-electron chi connectivity index (χ1n) is 9.94. The molecule has 0 saturated heterocycles. The summed E-state index contributed by atoms with van der Waals surface area (Å²) in [7, 11) is 4.24. The molecule has 0 aliphatic carbocycles. The maximum atomic E-state index is 12.2. The molecule has 0 spiro atoms. The third kappa shape index (κ3) is 11.7. The van der Waals surface area contributed by atoms with Gasteiger partial charge in [-0.15, -0.1) is 0 Å². The highest BCUT2D eigenvalue weighted by atomic mass is 28.4. The fraction of sp³-hybridized carbons (Fsp3) is 0.947. The fourth-order valence-corrected chi connectivity index (χ4v) is 4.69. The number of nitrogens with zero attached hydrogens (tertiary/aromatic N) is 1. The highest BCUT2D eigenvalue weighted by Gasteiger charge is 2.37. The average Bonchev–Trinajstić information content (AvgIpc) is 2.64. The van der Waals surface area contributed by atoms with Crippen molar-refractivity contribution in [2.75, 3.05) is 34.9 Å². The van der Waals surface area contributed by atoms with E-state index in [9.17, 15) is 4.79 Å². The zero-order valence-electron chi connectivity index (χ0n) is 17.3. The summed E-state index contributed by atoms with van der Waals surface area (Å²) in [6.45, 7) is 2.97. The van der Waals surface area contributed by atoms with Crippen molar-refractivity contribution in [3.05, 3.63) is 0 Å². The quantitative estimate of drug-likeness (QED) is 0.275. The van der Waals surface area contributed by atoms with Crippen molar-refractivity contribution in [2.24, 2.45) is 0 Å². The van der Waals surface area contributed by atoms with Gasteiger partial charge >= 0.3 is 8.80 Å². The van der Waals surface area contributed by atoms with Gasteiger partial charge in [0.25, 0.3) is 0 Å². The topological polar surface area (TPSA) is 48.0 Å². The van der Waals surface area contributed by atoms with E-state index in [1.54, 1.807) is 21.3 Å². The van der Waals surface area contributed by atoms with Crippen molar-refractivity contribution in [1.29, 1.82) is 0 Å². The van der Waals surface area contributed by atoms with Crippen LogP contribution in [0.5, 0.6) is 0 Å². The van der Waals surface area contributed by atoms with E-state index < -0.39 is 8.80 Å². The van der Waals surface area contributed by atoms with E-state index in [2.05, 4.69) is 6.92 Å². The van der Waals surface area contributed by atoms with Crippen LogP contribution >= 0.6 is 0 Å². The second kappa shape index (κ2) is 15.8. The minimum atomic E-state index is -2.51. The SMILES string of the molecule is CCCCCCCCCCCC(=O)N(C)CCC[Si](OC)(OC)OC. The predicted molar refractivity (Wildman–Crippen MR) is 106 cm³/mol. The molecule has 6 heteroatoms. The van der Waals surface area contributed by atoms with Crippen LogP contribution in [0.15, 0.2) is 0 Å². The van der Waals surface area contributed by atoms with Gasteiger partial charge in [0.2, 0.25) is 5.91 Å². The smallest absolute Gasteiger partial charge is 0.377 e. The van der Waals surface area contributed by atoms with Gasteiger partial charge in [0, 0.05) is 47.4 Å². The lowest BCUT2D eigenvalue weighted by Crippen LogP contribution is -2.43. The number of hydrogen-bond donors (Lipinski definition) is 0. The number of unbranched alkanes of at least 4 members (excludes halogenated alkanes) is 8. The van der Waals surface area contributed by atoms with Gasteiger partial charge in [0.05, 0.1) is 0 Å². The Hall–Kier alpha value is -0.433. The Morgan fingerprint density at radius 2 is 1.28 bits per heavy atom. The van der Waals surface area contributed by atoms with E-state index >= 15 is 0 Å². The van der Waals surface area contributed by atoms with Crippen molar-refractivity contribution in [2.45, 2.75) is 83.6 Å². The van der Waals surface area contributed by atoms with Gasteiger partial charge in [-0.2, -0.15) is 0 Å². The molecule has 0 N–H and O–H groups in total. The van der Waals surface area contributed by atoms with Crippen molar-refractivity contribution >= 4 is 14.7 Å². The van der Waals surface area contributed by atoms with Gasteiger partial charge in [-0.3, -0.25) is 4.79 Å². The first kappa shape index (κ1) is 24.6. The van der Waals surface area contributed by atoms with Crippen molar-refractivity contribution in [3.63, 3.8) is 0 Å². The number of carbonyl (C=O) groups is 1. The molecule has 0 atom stereocenters. The van der Waals surface area contributed by atoms with Gasteiger partial charge in [0.1, 0.15) is 0 Å². The Kier molecular flexibility index (Phi) is 15.5. The highest BCUT2D eigenvalue weighted by molar-refractivity contribution is 6.60. The summed E-state index contributed by atoms with van der Waals surface area (Å²) in [4.78, 5) is 14.0. The van der Waals surface area contributed by atoms with E-state index in [0.717, 1.165) is 25.4 Å². The van der Waals surface area contributed by atoms with Gasteiger partial charge in [0.15, 0.2) is 0 Å². The Morgan fingerprint density at radius 3 is 1.76 bits per heavy atom. The van der Waals surface area contributed by atoms with Gasteiger partial charge in [-0.25, -0.2) is 0 Å². The van der Waals surface area contributed by atoms with Crippen LogP contribution in [-0.4, -0.2) is 54.5 Å². The van der Waals surface area contributed by atoms with Gasteiger partial charge < -0.3 is 18.2 Å². The molecule has 0 saturated carbocycles. The third-order valence-corrected chi connectivity index (χ3v) is 7.66. The van der Waals surface area contributed by atoms with Crippen LogP contribution in [0.25, 0.3) is 0 Å². The molecule has 0 radical (unpaired) electrons. The number of rotatable bonds is 17. The molecule has 150 valence electrons. The normalized spacial score (nSPS) is 11.7. The molecule has 0 aromatic heterocycles. The monoisotopic (exact) mass is 375 g/mol. The number of hydrogen-bond acceptors (Lipinski definition) is 4. The second-order valence-electron chi connectivity index (χ2n) is 6.79. The van der Waals surface area contributed by atoms with Crippen molar-refractivity contribution in [3.8, 4) is 0 Å². The standard InChI is InChI=1S/C19H41NO4Si/c1-6-7-8-9-10-11-12-13-14-16-19(21)20(2)17-15-18-25(22-3,23-4)24-5/h6-18H2,1-5H3. The van der Waals surface area contributed by atoms with Crippen LogP contribution < -0.4 is 0 Å². The van der Waals surface area contributed by atoms with E-state index in [4.69, 9.17) is 13.3 Å². The summed E-state index contributed by atoms with van der Waals surface area (Å²) in [5.41, 5.74) is 0. The summed E-state index contributed by atoms with van der Waals surface area (Å²) in [5, 5.41) is 0. The Bertz CT molecular complexity index is 316. The maximum Gasteiger partial charge on any atom is 0.500 e. The van der Waals surface area contributed by atoms with E-state index in [1.165, 1.54) is 51.4 Å². The van der Waals surface area contributed by atoms with E-state index in [0.29, 0.717) is 6.42 Å². The maximum absolute atomic E-state index is 12.2. The molecule has 5 nitrogen and oxygen atoms in total. The summed E-state index contributed by atoms with van der Waals surface area (Å²) in [6.07, 6.45) is 13.0. The van der Waals surface area contributed by atoms with E-state index in [1.807, 2.05) is 11.9 Å². The van der Waals surface area contributed by atoms with Crippen LogP contribution in [0, 0.1) is 0 Å². The lowest BCUT2D eigenvalue weighted by Gasteiger charge is -2.25. The second-order valence-corrected chi connectivity index (χ2v) is 9.88. The van der Waals surface area contributed by atoms with E-state index in [-0.39, 0.29) is 5.91 Å². The van der Waals surface area contributed by atoms with Crippen LogP contribution in [0.2, 0.25) is 6.04 Å². The zero-order valence-corrected chi connectivity index (χ0v) is 18.3. The van der Waals surface area contributed by atoms with Crippen LogP contribution in [0.1, 0.15) is 77.6 Å². The first-order chi connectivity index (χ1) is 12.0. The molecule has 1 amide bonds. The summed E-state index contributed by atoms with van der Waals surface area (Å²) in [5.74, 6) is 0.238. The van der Waals surface area contributed by atoms with Crippen molar-refractivity contribution in [1.82, 2.24) is 4.90 Å². The third-order valence-electron chi connectivity index (χ3n) is 4.83. The molecule has 0 rings (SSSR count). The molecule has 0 aliphatic rings. The zero-order chi connectivity index (χ0) is 19.0. The summed E-state index contributed by atoms with van der Waals surface area (Å²) < 4.78 is 16.2. The van der Waals surface area contributed by atoms with Gasteiger partial charge in [-0.1, -0.05) is 58.3 Å². The highest BCUT2D eigenvalue weighted by Crippen LogP contribution is 2.16. The molecule has 0 bridgehead atoms. The Morgan fingerprint density at radius 1 is 0.800 bits per heavy atom. The molecule has 0 aliphatic heterocycles. The summed E-state index contributed by atoms with van der Waals surface area (Å²) >= 11 is 0. The average molecular weight is 376 g/mol. The number of carbonyl (C=O) groups excluding carboxylic acids is 1.